The van der Waals surface area contributed by atoms with Gasteiger partial charge in [0.15, 0.2) is 4.96 Å². The molecule has 0 N–H and O–H groups in total. The van der Waals surface area contributed by atoms with Crippen LogP contribution in [0, 0.1) is 13.8 Å². The molecule has 1 aliphatic heterocycles. The van der Waals surface area contributed by atoms with Crippen LogP contribution in [-0.4, -0.2) is 28.4 Å². The first-order valence-electron chi connectivity index (χ1n) is 7.59. The second kappa shape index (κ2) is 5.45. The average molecular weight is 341 g/mol. The molecule has 122 valence electrons. The Morgan fingerprint density at radius 2 is 2.08 bits per heavy atom. The quantitative estimate of drug-likeness (QED) is 0.682. The average Bonchev–Trinajstić information content (AvgIpc) is 2.89. The lowest BCUT2D eigenvalue weighted by atomic mass is 10.2. The summed E-state index contributed by atoms with van der Waals surface area (Å²) in [6, 6.07) is 7.33. The maximum absolute atomic E-state index is 13.0. The molecular weight excluding hydrogens is 326 g/mol. The second-order valence-electron chi connectivity index (χ2n) is 5.61. The summed E-state index contributed by atoms with van der Waals surface area (Å²) in [5.41, 5.74) is 1.25. The zero-order chi connectivity index (χ0) is 16.8. The van der Waals surface area contributed by atoms with Gasteiger partial charge in [0, 0.05) is 16.8 Å². The number of rotatable bonds is 1. The highest BCUT2D eigenvalue weighted by Gasteiger charge is 2.27. The van der Waals surface area contributed by atoms with Gasteiger partial charge in [-0.05, 0) is 26.0 Å². The summed E-state index contributed by atoms with van der Waals surface area (Å²) in [4.78, 5) is 33.3. The normalized spacial score (nSPS) is 13.7. The number of nitrogens with zero attached hydrogens (tertiary/aromatic N) is 3. The topological polar surface area (TPSA) is 63.9 Å². The highest BCUT2D eigenvalue weighted by atomic mass is 32.1. The summed E-state index contributed by atoms with van der Waals surface area (Å²) < 4.78 is 7.08. The molecule has 0 spiro atoms. The molecule has 0 atom stereocenters. The summed E-state index contributed by atoms with van der Waals surface area (Å²) in [7, 11) is 0. The lowest BCUT2D eigenvalue weighted by Crippen LogP contribution is -2.40. The number of hydrogen-bond donors (Lipinski definition) is 0. The Labute approximate surface area is 141 Å². The third-order valence-electron chi connectivity index (χ3n) is 4.22. The first kappa shape index (κ1) is 14.9. The van der Waals surface area contributed by atoms with E-state index in [1.807, 2.05) is 38.1 Å². The molecule has 0 saturated heterocycles. The van der Waals surface area contributed by atoms with Crippen LogP contribution < -0.4 is 15.2 Å². The zero-order valence-electron chi connectivity index (χ0n) is 13.3. The van der Waals surface area contributed by atoms with Crippen molar-refractivity contribution in [3.05, 3.63) is 57.0 Å². The van der Waals surface area contributed by atoms with Gasteiger partial charge in [-0.2, -0.15) is 0 Å². The van der Waals surface area contributed by atoms with Crippen LogP contribution in [0.15, 0.2) is 35.3 Å². The Balaban J connectivity index is 1.84. The fourth-order valence-corrected chi connectivity index (χ4v) is 3.78. The minimum Gasteiger partial charge on any atom is -0.490 e. The lowest BCUT2D eigenvalue weighted by Gasteiger charge is -2.29. The van der Waals surface area contributed by atoms with Crippen molar-refractivity contribution in [2.24, 2.45) is 0 Å². The SMILES string of the molecule is Cc1sc2ncc(C(=O)N3CCOc4ccccc43)c(=O)n2c1C. The van der Waals surface area contributed by atoms with Crippen molar-refractivity contribution in [1.29, 1.82) is 0 Å². The van der Waals surface area contributed by atoms with Crippen LogP contribution in [0.3, 0.4) is 0 Å². The second-order valence-corrected chi connectivity index (χ2v) is 6.79. The molecule has 4 rings (SSSR count). The number of aromatic nitrogens is 2. The number of aryl methyl sites for hydroxylation is 2. The summed E-state index contributed by atoms with van der Waals surface area (Å²) in [6.45, 7) is 4.60. The van der Waals surface area contributed by atoms with Gasteiger partial charge in [-0.1, -0.05) is 12.1 Å². The predicted octanol–water partition coefficient (Wildman–Crippen LogP) is 2.41. The van der Waals surface area contributed by atoms with E-state index in [4.69, 9.17) is 4.74 Å². The number of benzene rings is 1. The number of anilines is 1. The number of carbonyl (C=O) groups excluding carboxylic acids is 1. The molecule has 3 heterocycles. The monoisotopic (exact) mass is 341 g/mol. The molecule has 0 saturated carbocycles. The van der Waals surface area contributed by atoms with Gasteiger partial charge in [0.05, 0.1) is 12.2 Å². The molecular formula is C17H15N3O3S. The molecule has 0 aliphatic carbocycles. The molecule has 1 aliphatic rings. The van der Waals surface area contributed by atoms with E-state index in [9.17, 15) is 9.59 Å². The largest absolute Gasteiger partial charge is 0.490 e. The smallest absolute Gasteiger partial charge is 0.271 e. The van der Waals surface area contributed by atoms with Gasteiger partial charge in [0.1, 0.15) is 17.9 Å². The highest BCUT2D eigenvalue weighted by Crippen LogP contribution is 2.31. The number of hydrogen-bond acceptors (Lipinski definition) is 5. The minimum atomic E-state index is -0.346. The fourth-order valence-electron chi connectivity index (χ4n) is 2.85. The van der Waals surface area contributed by atoms with Crippen molar-refractivity contribution in [2.45, 2.75) is 13.8 Å². The van der Waals surface area contributed by atoms with Crippen LogP contribution in [0.2, 0.25) is 0 Å². The predicted molar refractivity (Wildman–Crippen MR) is 92.4 cm³/mol. The van der Waals surface area contributed by atoms with Crippen LogP contribution in [0.5, 0.6) is 5.75 Å². The van der Waals surface area contributed by atoms with E-state index in [2.05, 4.69) is 4.98 Å². The summed E-state index contributed by atoms with van der Waals surface area (Å²) in [5.74, 6) is 0.301. The van der Waals surface area contributed by atoms with Crippen molar-refractivity contribution in [2.75, 3.05) is 18.1 Å². The molecule has 0 bridgehead atoms. The van der Waals surface area contributed by atoms with Gasteiger partial charge in [-0.15, -0.1) is 11.3 Å². The van der Waals surface area contributed by atoms with Gasteiger partial charge in [0.2, 0.25) is 0 Å². The first-order valence-corrected chi connectivity index (χ1v) is 8.41. The van der Waals surface area contributed by atoms with Crippen LogP contribution >= 0.6 is 11.3 Å². The van der Waals surface area contributed by atoms with E-state index in [0.717, 1.165) is 10.6 Å². The van der Waals surface area contributed by atoms with Gasteiger partial charge in [0.25, 0.3) is 11.5 Å². The van der Waals surface area contributed by atoms with Crippen molar-refractivity contribution >= 4 is 27.9 Å². The van der Waals surface area contributed by atoms with Gasteiger partial charge in [-0.3, -0.25) is 14.0 Å². The molecule has 0 fully saturated rings. The van der Waals surface area contributed by atoms with Crippen molar-refractivity contribution in [1.82, 2.24) is 9.38 Å². The summed E-state index contributed by atoms with van der Waals surface area (Å²) in [5, 5.41) is 0. The molecule has 7 heteroatoms. The van der Waals surface area contributed by atoms with Crippen molar-refractivity contribution in [3.63, 3.8) is 0 Å². The van der Waals surface area contributed by atoms with E-state index in [0.29, 0.717) is 29.5 Å². The molecule has 0 radical (unpaired) electrons. The molecule has 1 aromatic carbocycles. The highest BCUT2D eigenvalue weighted by molar-refractivity contribution is 7.17. The Bertz CT molecular complexity index is 1020. The standard InChI is InChI=1S/C17H15N3O3S/c1-10-11(2)24-17-18-9-12(16(22)20(10)17)15(21)19-7-8-23-14-6-4-3-5-13(14)19/h3-6,9H,7-8H2,1-2H3. The number of thiazole rings is 1. The van der Waals surface area contributed by atoms with E-state index in [1.54, 1.807) is 4.90 Å². The number of para-hydroxylation sites is 2. The Morgan fingerprint density at radius 1 is 1.29 bits per heavy atom. The summed E-state index contributed by atoms with van der Waals surface area (Å²) >= 11 is 1.44. The third kappa shape index (κ3) is 2.12. The Kier molecular flexibility index (Phi) is 3.38. The molecule has 6 nitrogen and oxygen atoms in total. The van der Waals surface area contributed by atoms with Gasteiger partial charge in [-0.25, -0.2) is 4.98 Å². The Hall–Kier alpha value is -2.67. The minimum absolute atomic E-state index is 0.0742. The lowest BCUT2D eigenvalue weighted by molar-refractivity contribution is 0.0974. The van der Waals surface area contributed by atoms with Crippen molar-refractivity contribution in [3.8, 4) is 5.75 Å². The van der Waals surface area contributed by atoms with Gasteiger partial charge >= 0.3 is 0 Å². The van der Waals surface area contributed by atoms with Crippen LogP contribution in [0.4, 0.5) is 5.69 Å². The maximum Gasteiger partial charge on any atom is 0.271 e. The summed E-state index contributed by atoms with van der Waals surface area (Å²) in [6.07, 6.45) is 1.38. The van der Waals surface area contributed by atoms with Crippen LogP contribution in [0.1, 0.15) is 20.9 Å². The van der Waals surface area contributed by atoms with Crippen LogP contribution in [0.25, 0.3) is 4.96 Å². The maximum atomic E-state index is 13.0. The number of fused-ring (bicyclic) bond motifs is 2. The van der Waals surface area contributed by atoms with Crippen molar-refractivity contribution < 1.29 is 9.53 Å². The fraction of sp³-hybridized carbons (Fsp3) is 0.235. The number of amides is 1. The van der Waals surface area contributed by atoms with E-state index < -0.39 is 0 Å². The Morgan fingerprint density at radius 3 is 2.92 bits per heavy atom. The molecule has 2 aromatic heterocycles. The zero-order valence-corrected chi connectivity index (χ0v) is 14.1. The number of ether oxygens (including phenoxy) is 1. The van der Waals surface area contributed by atoms with E-state index >= 15 is 0 Å². The number of carbonyl (C=O) groups is 1. The van der Waals surface area contributed by atoms with Gasteiger partial charge < -0.3 is 9.64 Å². The van der Waals surface area contributed by atoms with E-state index in [-0.39, 0.29) is 17.0 Å². The molecule has 3 aromatic rings. The molecule has 1 amide bonds. The van der Waals surface area contributed by atoms with E-state index in [1.165, 1.54) is 21.9 Å². The molecule has 0 unspecified atom stereocenters. The van der Waals surface area contributed by atoms with Crippen LogP contribution in [-0.2, 0) is 0 Å². The first-order chi connectivity index (χ1) is 11.6. The molecule has 24 heavy (non-hydrogen) atoms. The third-order valence-corrected chi connectivity index (χ3v) is 5.29.